The molecule has 2 heteroatoms. The molecule has 1 N–H and O–H groups in total. The fourth-order valence-corrected chi connectivity index (χ4v) is 3.32. The first-order chi connectivity index (χ1) is 7.90. The van der Waals surface area contributed by atoms with Crippen LogP contribution in [0.5, 0.6) is 0 Å². The summed E-state index contributed by atoms with van der Waals surface area (Å²) in [7, 11) is 0. The standard InChI is InChI=1S/C14H27NO/c1-2-15-13(11-12-7-3-4-8-12)14-9-5-6-10-16-14/h12-15H,2-11H2,1H3. The first kappa shape index (κ1) is 12.4. The van der Waals surface area contributed by atoms with E-state index in [2.05, 4.69) is 12.2 Å². The van der Waals surface area contributed by atoms with Gasteiger partial charge in [-0.25, -0.2) is 0 Å². The van der Waals surface area contributed by atoms with Crippen molar-refractivity contribution in [1.82, 2.24) is 5.32 Å². The second-order valence-electron chi connectivity index (χ2n) is 5.46. The summed E-state index contributed by atoms with van der Waals surface area (Å²) in [4.78, 5) is 0. The van der Waals surface area contributed by atoms with E-state index in [4.69, 9.17) is 4.74 Å². The quantitative estimate of drug-likeness (QED) is 0.776. The molecule has 1 saturated carbocycles. The maximum Gasteiger partial charge on any atom is 0.0728 e. The van der Waals surface area contributed by atoms with E-state index in [1.807, 2.05) is 0 Å². The number of rotatable bonds is 5. The maximum absolute atomic E-state index is 5.94. The van der Waals surface area contributed by atoms with Gasteiger partial charge in [0, 0.05) is 12.6 Å². The fourth-order valence-electron chi connectivity index (χ4n) is 3.32. The van der Waals surface area contributed by atoms with E-state index in [0.717, 1.165) is 19.1 Å². The topological polar surface area (TPSA) is 21.3 Å². The summed E-state index contributed by atoms with van der Waals surface area (Å²) in [6, 6.07) is 0.619. The van der Waals surface area contributed by atoms with Crippen molar-refractivity contribution in [2.75, 3.05) is 13.2 Å². The Bertz CT molecular complexity index is 183. The zero-order valence-electron chi connectivity index (χ0n) is 10.7. The van der Waals surface area contributed by atoms with Gasteiger partial charge in [-0.1, -0.05) is 32.6 Å². The summed E-state index contributed by atoms with van der Waals surface area (Å²) in [5.74, 6) is 0.967. The molecule has 0 bridgehead atoms. The Hall–Kier alpha value is -0.0800. The van der Waals surface area contributed by atoms with E-state index >= 15 is 0 Å². The number of hydrogen-bond acceptors (Lipinski definition) is 2. The summed E-state index contributed by atoms with van der Waals surface area (Å²) < 4.78 is 5.94. The number of ether oxygens (including phenoxy) is 1. The van der Waals surface area contributed by atoms with Crippen LogP contribution in [0.2, 0.25) is 0 Å². The third-order valence-corrected chi connectivity index (χ3v) is 4.19. The second-order valence-corrected chi connectivity index (χ2v) is 5.46. The van der Waals surface area contributed by atoms with E-state index in [-0.39, 0.29) is 0 Å². The molecule has 1 aliphatic carbocycles. The average Bonchev–Trinajstić information content (AvgIpc) is 2.83. The zero-order chi connectivity index (χ0) is 11.2. The molecule has 2 fully saturated rings. The molecular formula is C14H27NO. The van der Waals surface area contributed by atoms with Crippen molar-refractivity contribution in [1.29, 1.82) is 0 Å². The van der Waals surface area contributed by atoms with Crippen molar-refractivity contribution in [2.24, 2.45) is 5.92 Å². The molecule has 2 rings (SSSR count). The van der Waals surface area contributed by atoms with Crippen LogP contribution in [0.15, 0.2) is 0 Å². The highest BCUT2D eigenvalue weighted by molar-refractivity contribution is 4.83. The van der Waals surface area contributed by atoms with Crippen LogP contribution in [0.25, 0.3) is 0 Å². The first-order valence-electron chi connectivity index (χ1n) is 7.25. The van der Waals surface area contributed by atoms with Gasteiger partial charge < -0.3 is 10.1 Å². The van der Waals surface area contributed by atoms with E-state index in [0.29, 0.717) is 12.1 Å². The Balaban J connectivity index is 1.82. The van der Waals surface area contributed by atoms with Gasteiger partial charge in [-0.3, -0.25) is 0 Å². The van der Waals surface area contributed by atoms with E-state index < -0.39 is 0 Å². The van der Waals surface area contributed by atoms with E-state index in [1.54, 1.807) is 0 Å². The number of hydrogen-bond donors (Lipinski definition) is 1. The highest BCUT2D eigenvalue weighted by Crippen LogP contribution is 2.30. The lowest BCUT2D eigenvalue weighted by molar-refractivity contribution is -0.0121. The van der Waals surface area contributed by atoms with E-state index in [9.17, 15) is 0 Å². The van der Waals surface area contributed by atoms with Gasteiger partial charge >= 0.3 is 0 Å². The van der Waals surface area contributed by atoms with E-state index in [1.165, 1.54) is 51.4 Å². The van der Waals surface area contributed by atoms with Crippen LogP contribution in [0.1, 0.15) is 58.3 Å². The van der Waals surface area contributed by atoms with Crippen molar-refractivity contribution in [3.63, 3.8) is 0 Å². The largest absolute Gasteiger partial charge is 0.377 e. The van der Waals surface area contributed by atoms with Crippen molar-refractivity contribution in [3.05, 3.63) is 0 Å². The van der Waals surface area contributed by atoms with Crippen LogP contribution in [0.3, 0.4) is 0 Å². The lowest BCUT2D eigenvalue weighted by atomic mass is 9.92. The molecule has 0 aromatic rings. The summed E-state index contributed by atoms with van der Waals surface area (Å²) >= 11 is 0. The lowest BCUT2D eigenvalue weighted by Crippen LogP contribution is -2.43. The van der Waals surface area contributed by atoms with Gasteiger partial charge in [0.15, 0.2) is 0 Å². The maximum atomic E-state index is 5.94. The molecule has 2 nitrogen and oxygen atoms in total. The van der Waals surface area contributed by atoms with Gasteiger partial charge in [0.2, 0.25) is 0 Å². The highest BCUT2D eigenvalue weighted by atomic mass is 16.5. The summed E-state index contributed by atoms with van der Waals surface area (Å²) in [5, 5.41) is 3.65. The Morgan fingerprint density at radius 2 is 1.88 bits per heavy atom. The third kappa shape index (κ3) is 3.46. The van der Waals surface area contributed by atoms with Crippen molar-refractivity contribution in [2.45, 2.75) is 70.4 Å². The van der Waals surface area contributed by atoms with Gasteiger partial charge in [0.25, 0.3) is 0 Å². The van der Waals surface area contributed by atoms with Gasteiger partial charge in [0.1, 0.15) is 0 Å². The summed E-state index contributed by atoms with van der Waals surface area (Å²) in [6.07, 6.45) is 11.5. The number of nitrogens with one attached hydrogen (secondary N) is 1. The average molecular weight is 225 g/mol. The lowest BCUT2D eigenvalue weighted by Gasteiger charge is -2.32. The highest BCUT2D eigenvalue weighted by Gasteiger charge is 2.27. The first-order valence-corrected chi connectivity index (χ1v) is 7.25. The summed E-state index contributed by atoms with van der Waals surface area (Å²) in [6.45, 7) is 4.28. The molecule has 16 heavy (non-hydrogen) atoms. The minimum absolute atomic E-state index is 0.495. The molecule has 0 aromatic carbocycles. The molecule has 0 radical (unpaired) electrons. The molecule has 0 aromatic heterocycles. The van der Waals surface area contributed by atoms with Crippen LogP contribution < -0.4 is 5.32 Å². The van der Waals surface area contributed by atoms with Gasteiger partial charge in [0.05, 0.1) is 6.10 Å². The molecule has 0 spiro atoms. The molecule has 2 aliphatic rings. The molecule has 0 amide bonds. The summed E-state index contributed by atoms with van der Waals surface area (Å²) in [5.41, 5.74) is 0. The van der Waals surface area contributed by atoms with Crippen LogP contribution in [0.4, 0.5) is 0 Å². The Labute approximate surface area is 100 Å². The minimum atomic E-state index is 0.495. The predicted molar refractivity (Wildman–Crippen MR) is 67.6 cm³/mol. The smallest absolute Gasteiger partial charge is 0.0728 e. The van der Waals surface area contributed by atoms with Crippen molar-refractivity contribution < 1.29 is 4.74 Å². The Morgan fingerprint density at radius 1 is 1.12 bits per heavy atom. The molecule has 2 atom stereocenters. The van der Waals surface area contributed by atoms with Gasteiger partial charge in [-0.15, -0.1) is 0 Å². The molecule has 1 aliphatic heterocycles. The Morgan fingerprint density at radius 3 is 2.50 bits per heavy atom. The SMILES string of the molecule is CCNC(CC1CCCC1)C1CCCCO1. The number of likely N-dealkylation sites (N-methyl/N-ethyl adjacent to an activating group) is 1. The third-order valence-electron chi connectivity index (χ3n) is 4.19. The molecule has 94 valence electrons. The second kappa shape index (κ2) is 6.61. The molecular weight excluding hydrogens is 198 g/mol. The van der Waals surface area contributed by atoms with Crippen LogP contribution in [-0.2, 0) is 4.74 Å². The van der Waals surface area contributed by atoms with Crippen LogP contribution >= 0.6 is 0 Å². The molecule has 1 saturated heterocycles. The van der Waals surface area contributed by atoms with Gasteiger partial charge in [-0.05, 0) is 38.1 Å². The fraction of sp³-hybridized carbons (Fsp3) is 1.00. The monoisotopic (exact) mass is 225 g/mol. The minimum Gasteiger partial charge on any atom is -0.377 e. The normalized spacial score (nSPS) is 29.4. The van der Waals surface area contributed by atoms with Crippen LogP contribution in [0, 0.1) is 5.92 Å². The van der Waals surface area contributed by atoms with Crippen molar-refractivity contribution in [3.8, 4) is 0 Å². The molecule has 2 unspecified atom stereocenters. The Kier molecular flexibility index (Phi) is 5.11. The van der Waals surface area contributed by atoms with Crippen LogP contribution in [-0.4, -0.2) is 25.3 Å². The predicted octanol–water partition coefficient (Wildman–Crippen LogP) is 3.11. The van der Waals surface area contributed by atoms with Gasteiger partial charge in [-0.2, -0.15) is 0 Å². The zero-order valence-corrected chi connectivity index (χ0v) is 10.7. The van der Waals surface area contributed by atoms with Crippen molar-refractivity contribution >= 4 is 0 Å². The molecule has 1 heterocycles.